The zero-order valence-corrected chi connectivity index (χ0v) is 13.1. The van der Waals surface area contributed by atoms with Crippen LogP contribution in [0.15, 0.2) is 60.8 Å². The molecule has 3 aromatic rings. The van der Waals surface area contributed by atoms with Gasteiger partial charge in [-0.15, -0.1) is 0 Å². The molecule has 4 heteroatoms. The Morgan fingerprint density at radius 3 is 2.65 bits per heavy atom. The second kappa shape index (κ2) is 6.48. The van der Waals surface area contributed by atoms with Gasteiger partial charge in [-0.25, -0.2) is 0 Å². The van der Waals surface area contributed by atoms with E-state index in [0.29, 0.717) is 17.0 Å². The maximum absolute atomic E-state index is 12.6. The molecule has 1 aromatic heterocycles. The minimum atomic E-state index is -0.209. The number of fused-ring (bicyclic) bond motifs is 1. The maximum Gasteiger partial charge on any atom is 0.259 e. The first kappa shape index (κ1) is 15.0. The Morgan fingerprint density at radius 1 is 1.04 bits per heavy atom. The van der Waals surface area contributed by atoms with Gasteiger partial charge in [0.2, 0.25) is 0 Å². The molecule has 0 aliphatic rings. The molecule has 0 saturated carbocycles. The summed E-state index contributed by atoms with van der Waals surface area (Å²) in [5.41, 5.74) is 1.96. The highest BCUT2D eigenvalue weighted by atomic mass is 16.5. The summed E-state index contributed by atoms with van der Waals surface area (Å²) in [6.45, 7) is 3.87. The molecule has 1 heterocycles. The van der Waals surface area contributed by atoms with Crippen molar-refractivity contribution >= 4 is 22.5 Å². The molecule has 1 amide bonds. The normalized spacial score (nSPS) is 10.7. The van der Waals surface area contributed by atoms with Gasteiger partial charge < -0.3 is 10.1 Å². The lowest BCUT2D eigenvalue weighted by Gasteiger charge is -2.14. The largest absolute Gasteiger partial charge is 0.490 e. The van der Waals surface area contributed by atoms with Crippen molar-refractivity contribution in [2.24, 2.45) is 0 Å². The highest BCUT2D eigenvalue weighted by molar-refractivity contribution is 6.09. The molecule has 116 valence electrons. The van der Waals surface area contributed by atoms with Crippen LogP contribution in [0.4, 0.5) is 5.69 Å². The number of carbonyl (C=O) groups excluding carboxylic acids is 1. The summed E-state index contributed by atoms with van der Waals surface area (Å²) in [6, 6.07) is 16.8. The minimum Gasteiger partial charge on any atom is -0.490 e. The number of para-hydroxylation sites is 2. The first-order valence-electron chi connectivity index (χ1n) is 7.56. The Hall–Kier alpha value is -2.88. The molecule has 0 radical (unpaired) electrons. The van der Waals surface area contributed by atoms with Crippen molar-refractivity contribution in [3.8, 4) is 5.75 Å². The Labute approximate surface area is 135 Å². The number of hydrogen-bond acceptors (Lipinski definition) is 3. The predicted molar refractivity (Wildman–Crippen MR) is 91.9 cm³/mol. The van der Waals surface area contributed by atoms with Crippen LogP contribution in [0.25, 0.3) is 10.9 Å². The number of benzene rings is 2. The Bertz CT molecular complexity index is 838. The standard InChI is InChI=1S/C19H18N2O2/c1-13(2)23-17-11-4-3-9-15(17)19(22)21-16-10-5-7-14-8-6-12-20-18(14)16/h3-13H,1-2H3,(H,21,22). The summed E-state index contributed by atoms with van der Waals surface area (Å²) >= 11 is 0. The van der Waals surface area contributed by atoms with Gasteiger partial charge in [0.15, 0.2) is 0 Å². The number of carbonyl (C=O) groups is 1. The van der Waals surface area contributed by atoms with Gasteiger partial charge in [0.05, 0.1) is 22.9 Å². The molecule has 1 N–H and O–H groups in total. The Kier molecular flexibility index (Phi) is 4.24. The number of aromatic nitrogens is 1. The van der Waals surface area contributed by atoms with Gasteiger partial charge in [-0.05, 0) is 38.1 Å². The van der Waals surface area contributed by atoms with Crippen LogP contribution in [0.2, 0.25) is 0 Å². The summed E-state index contributed by atoms with van der Waals surface area (Å²) in [4.78, 5) is 17.0. The van der Waals surface area contributed by atoms with Gasteiger partial charge in [0.25, 0.3) is 5.91 Å². The third-order valence-corrected chi connectivity index (χ3v) is 3.38. The van der Waals surface area contributed by atoms with Gasteiger partial charge in [-0.1, -0.05) is 30.3 Å². The van der Waals surface area contributed by atoms with Crippen molar-refractivity contribution in [1.29, 1.82) is 0 Å². The molecule has 0 bridgehead atoms. The van der Waals surface area contributed by atoms with E-state index in [1.54, 1.807) is 18.3 Å². The molecule has 3 rings (SSSR count). The zero-order valence-electron chi connectivity index (χ0n) is 13.1. The highest BCUT2D eigenvalue weighted by Gasteiger charge is 2.14. The zero-order chi connectivity index (χ0) is 16.2. The maximum atomic E-state index is 12.6. The number of pyridine rings is 1. The van der Waals surface area contributed by atoms with E-state index in [9.17, 15) is 4.79 Å². The molecular weight excluding hydrogens is 288 g/mol. The smallest absolute Gasteiger partial charge is 0.259 e. The average Bonchev–Trinajstić information content (AvgIpc) is 2.55. The van der Waals surface area contributed by atoms with Crippen LogP contribution in [-0.4, -0.2) is 17.0 Å². The molecule has 0 saturated heterocycles. The first-order valence-corrected chi connectivity index (χ1v) is 7.56. The number of rotatable bonds is 4. The quantitative estimate of drug-likeness (QED) is 0.783. The van der Waals surface area contributed by atoms with Gasteiger partial charge in [0.1, 0.15) is 5.75 Å². The third-order valence-electron chi connectivity index (χ3n) is 3.38. The molecule has 0 atom stereocenters. The molecule has 2 aromatic carbocycles. The molecule has 0 aliphatic carbocycles. The number of nitrogens with zero attached hydrogens (tertiary/aromatic N) is 1. The number of amides is 1. The Morgan fingerprint density at radius 2 is 1.83 bits per heavy atom. The fourth-order valence-corrected chi connectivity index (χ4v) is 2.41. The molecule has 0 fully saturated rings. The summed E-state index contributed by atoms with van der Waals surface area (Å²) in [5.74, 6) is 0.368. The lowest BCUT2D eigenvalue weighted by molar-refractivity contribution is 0.102. The van der Waals surface area contributed by atoms with Crippen LogP contribution in [0.3, 0.4) is 0 Å². The van der Waals surface area contributed by atoms with Crippen LogP contribution >= 0.6 is 0 Å². The van der Waals surface area contributed by atoms with E-state index in [1.165, 1.54) is 0 Å². The summed E-state index contributed by atoms with van der Waals surface area (Å²) in [6.07, 6.45) is 1.72. The molecule has 0 unspecified atom stereocenters. The van der Waals surface area contributed by atoms with E-state index in [4.69, 9.17) is 4.74 Å². The minimum absolute atomic E-state index is 0.00294. The fourth-order valence-electron chi connectivity index (χ4n) is 2.41. The SMILES string of the molecule is CC(C)Oc1ccccc1C(=O)Nc1cccc2cccnc12. The molecule has 0 aliphatic heterocycles. The van der Waals surface area contributed by atoms with Crippen LogP contribution in [0, 0.1) is 0 Å². The van der Waals surface area contributed by atoms with Crippen molar-refractivity contribution in [2.45, 2.75) is 20.0 Å². The second-order valence-corrected chi connectivity index (χ2v) is 5.50. The highest BCUT2D eigenvalue weighted by Crippen LogP contribution is 2.24. The number of hydrogen-bond donors (Lipinski definition) is 1. The summed E-state index contributed by atoms with van der Waals surface area (Å²) in [5, 5.41) is 3.92. The van der Waals surface area contributed by atoms with E-state index in [0.717, 1.165) is 10.9 Å². The predicted octanol–water partition coefficient (Wildman–Crippen LogP) is 4.27. The van der Waals surface area contributed by atoms with Gasteiger partial charge >= 0.3 is 0 Å². The van der Waals surface area contributed by atoms with Crippen molar-refractivity contribution in [2.75, 3.05) is 5.32 Å². The second-order valence-electron chi connectivity index (χ2n) is 5.50. The van der Waals surface area contributed by atoms with Crippen LogP contribution < -0.4 is 10.1 Å². The van der Waals surface area contributed by atoms with E-state index < -0.39 is 0 Å². The Balaban J connectivity index is 1.93. The molecule has 23 heavy (non-hydrogen) atoms. The van der Waals surface area contributed by atoms with Gasteiger partial charge in [-0.2, -0.15) is 0 Å². The van der Waals surface area contributed by atoms with E-state index >= 15 is 0 Å². The number of nitrogens with one attached hydrogen (secondary N) is 1. The van der Waals surface area contributed by atoms with E-state index in [2.05, 4.69) is 10.3 Å². The van der Waals surface area contributed by atoms with Crippen LogP contribution in [0.1, 0.15) is 24.2 Å². The van der Waals surface area contributed by atoms with Crippen molar-refractivity contribution in [1.82, 2.24) is 4.98 Å². The molecular formula is C19H18N2O2. The van der Waals surface area contributed by atoms with Crippen LogP contribution in [-0.2, 0) is 0 Å². The summed E-state index contributed by atoms with van der Waals surface area (Å²) < 4.78 is 5.72. The number of ether oxygens (including phenoxy) is 1. The van der Waals surface area contributed by atoms with Gasteiger partial charge in [0, 0.05) is 11.6 Å². The lowest BCUT2D eigenvalue weighted by Crippen LogP contribution is -2.16. The third kappa shape index (κ3) is 3.31. The first-order chi connectivity index (χ1) is 11.1. The average molecular weight is 306 g/mol. The van der Waals surface area contributed by atoms with Gasteiger partial charge in [-0.3, -0.25) is 9.78 Å². The van der Waals surface area contributed by atoms with E-state index in [1.807, 2.05) is 56.3 Å². The lowest BCUT2D eigenvalue weighted by atomic mass is 10.1. The fraction of sp³-hybridized carbons (Fsp3) is 0.158. The van der Waals surface area contributed by atoms with Crippen LogP contribution in [0.5, 0.6) is 5.75 Å². The molecule has 0 spiro atoms. The van der Waals surface area contributed by atoms with E-state index in [-0.39, 0.29) is 12.0 Å². The van der Waals surface area contributed by atoms with Crippen molar-refractivity contribution < 1.29 is 9.53 Å². The monoisotopic (exact) mass is 306 g/mol. The summed E-state index contributed by atoms with van der Waals surface area (Å²) in [7, 11) is 0. The number of anilines is 1. The topological polar surface area (TPSA) is 51.2 Å². The van der Waals surface area contributed by atoms with Crippen molar-refractivity contribution in [3.05, 3.63) is 66.4 Å². The van der Waals surface area contributed by atoms with Crippen molar-refractivity contribution in [3.63, 3.8) is 0 Å². The molecule has 4 nitrogen and oxygen atoms in total.